The van der Waals surface area contributed by atoms with Crippen LogP contribution in [0.2, 0.25) is 0 Å². The molecule has 3 aromatic carbocycles. The fourth-order valence-electron chi connectivity index (χ4n) is 1.77. The summed E-state index contributed by atoms with van der Waals surface area (Å²) in [5, 5.41) is 0.800. The molecule has 0 aliphatic rings. The van der Waals surface area contributed by atoms with Crippen LogP contribution in [0.5, 0.6) is 0 Å². The van der Waals surface area contributed by atoms with Crippen LogP contribution >= 0.6 is 46.7 Å². The minimum absolute atomic E-state index is 0.171. The number of alkyl halides is 2. The van der Waals surface area contributed by atoms with Gasteiger partial charge in [0.1, 0.15) is 5.21 Å². The Labute approximate surface area is 183 Å². The molecule has 6 heteroatoms. The number of rotatable bonds is 5. The molecule has 0 aliphatic carbocycles. The zero-order valence-corrected chi connectivity index (χ0v) is 18.9. The predicted octanol–water partition coefficient (Wildman–Crippen LogP) is 7.37. The summed E-state index contributed by atoms with van der Waals surface area (Å²) >= 11 is 14.3. The van der Waals surface area contributed by atoms with Gasteiger partial charge in [-0.3, -0.25) is 4.21 Å². The summed E-state index contributed by atoms with van der Waals surface area (Å²) in [6.45, 7) is 0. The highest BCUT2D eigenvalue weighted by atomic mass is 35.5. The Balaban J connectivity index is 0.000000204. The Bertz CT molecular complexity index is 741. The first kappa shape index (κ1) is 24.1. The molecule has 3 aromatic rings. The second-order valence-corrected chi connectivity index (χ2v) is 9.40. The van der Waals surface area contributed by atoms with Crippen LogP contribution in [-0.2, 0) is 10.8 Å². The molecule has 0 bridgehead atoms. The normalized spacial score (nSPS) is 10.6. The Hall–Kier alpha value is -0.910. The van der Waals surface area contributed by atoms with Crippen LogP contribution in [0.1, 0.15) is 0 Å². The number of thioether (sulfide) groups is 2. The maximum absolute atomic E-state index is 11.0. The molecule has 0 radical (unpaired) electrons. The van der Waals surface area contributed by atoms with Crippen molar-refractivity contribution >= 4 is 57.5 Å². The zero-order chi connectivity index (χ0) is 19.7. The van der Waals surface area contributed by atoms with E-state index in [0.717, 1.165) is 4.90 Å². The fourth-order valence-corrected chi connectivity index (χ4v) is 4.02. The minimum atomic E-state index is -1.02. The molecule has 144 valence electrons. The maximum Gasteiger partial charge on any atom is 0.103 e. The lowest BCUT2D eigenvalue weighted by molar-refractivity contribution is 0.686. The van der Waals surface area contributed by atoms with Gasteiger partial charge in [-0.2, -0.15) is 0 Å². The molecule has 0 amide bonds. The van der Waals surface area contributed by atoms with Crippen molar-refractivity contribution in [3.05, 3.63) is 91.0 Å². The number of hydrogen-bond donors (Lipinski definition) is 0. The quantitative estimate of drug-likeness (QED) is 0.294. The standard InChI is InChI=1S/C7H7ClOS.C7H7ClS.C7H8S/c8-6-10(9)7-4-2-1-3-5-7;8-6-9-7-4-2-1-3-5-7;1-8-7-5-3-2-4-6-7/h1-5H,6H2;1-5H,6H2;2-6H,1H3. The predicted molar refractivity (Wildman–Crippen MR) is 125 cm³/mol. The highest BCUT2D eigenvalue weighted by Gasteiger charge is 1.97. The van der Waals surface area contributed by atoms with Crippen molar-refractivity contribution in [2.75, 3.05) is 16.7 Å². The van der Waals surface area contributed by atoms with E-state index in [4.69, 9.17) is 23.2 Å². The molecule has 0 heterocycles. The van der Waals surface area contributed by atoms with E-state index in [1.165, 1.54) is 9.79 Å². The largest absolute Gasteiger partial charge is 0.253 e. The molecule has 1 atom stereocenters. The van der Waals surface area contributed by atoms with Crippen LogP contribution in [0.15, 0.2) is 106 Å². The molecule has 3 rings (SSSR count). The Morgan fingerprint density at radius 3 is 1.56 bits per heavy atom. The highest BCUT2D eigenvalue weighted by molar-refractivity contribution is 8.00. The lowest BCUT2D eigenvalue weighted by Gasteiger charge is -1.94. The van der Waals surface area contributed by atoms with Gasteiger partial charge in [0.15, 0.2) is 0 Å². The molecule has 0 saturated carbocycles. The van der Waals surface area contributed by atoms with Gasteiger partial charge in [0, 0.05) is 14.7 Å². The Morgan fingerprint density at radius 2 is 1.19 bits per heavy atom. The van der Waals surface area contributed by atoms with E-state index in [0.29, 0.717) is 5.21 Å². The first-order valence-corrected chi connectivity index (χ1v) is 12.6. The number of benzene rings is 3. The van der Waals surface area contributed by atoms with Gasteiger partial charge in [-0.25, -0.2) is 0 Å². The lowest BCUT2D eigenvalue weighted by atomic mass is 10.4. The van der Waals surface area contributed by atoms with Crippen molar-refractivity contribution in [1.82, 2.24) is 0 Å². The van der Waals surface area contributed by atoms with Crippen molar-refractivity contribution in [1.29, 1.82) is 0 Å². The smallest absolute Gasteiger partial charge is 0.103 e. The van der Waals surface area contributed by atoms with E-state index in [-0.39, 0.29) is 5.21 Å². The molecule has 0 N–H and O–H groups in total. The van der Waals surface area contributed by atoms with E-state index in [2.05, 4.69) is 18.4 Å². The molecule has 0 aromatic heterocycles. The molecular formula is C21H22Cl2OS3. The molecule has 1 unspecified atom stereocenters. The van der Waals surface area contributed by atoms with Gasteiger partial charge in [-0.15, -0.1) is 46.7 Å². The Kier molecular flexibility index (Phi) is 14.4. The van der Waals surface area contributed by atoms with Crippen LogP contribution in [0.4, 0.5) is 0 Å². The van der Waals surface area contributed by atoms with Gasteiger partial charge in [0.2, 0.25) is 0 Å². The van der Waals surface area contributed by atoms with Gasteiger partial charge >= 0.3 is 0 Å². The topological polar surface area (TPSA) is 17.1 Å². The minimum Gasteiger partial charge on any atom is -0.253 e. The van der Waals surface area contributed by atoms with Gasteiger partial charge in [-0.05, 0) is 42.7 Å². The van der Waals surface area contributed by atoms with Crippen LogP contribution in [0, 0.1) is 0 Å². The fraction of sp³-hybridized carbons (Fsp3) is 0.143. The summed E-state index contributed by atoms with van der Waals surface area (Å²) < 4.78 is 11.0. The van der Waals surface area contributed by atoms with Crippen LogP contribution < -0.4 is 0 Å². The maximum atomic E-state index is 11.0. The van der Waals surface area contributed by atoms with E-state index in [9.17, 15) is 4.21 Å². The summed E-state index contributed by atoms with van der Waals surface area (Å²) in [6.07, 6.45) is 2.08. The number of halogens is 2. The van der Waals surface area contributed by atoms with E-state index < -0.39 is 10.8 Å². The lowest BCUT2D eigenvalue weighted by Crippen LogP contribution is -1.89. The number of hydrogen-bond acceptors (Lipinski definition) is 3. The summed E-state index contributed by atoms with van der Waals surface area (Å²) in [5.74, 6) is 0. The van der Waals surface area contributed by atoms with E-state index >= 15 is 0 Å². The van der Waals surface area contributed by atoms with E-state index in [1.807, 2.05) is 66.7 Å². The SMILES string of the molecule is CSc1ccccc1.ClCSc1ccccc1.O=S(CCl)c1ccccc1. The van der Waals surface area contributed by atoms with Crippen molar-refractivity contribution in [2.45, 2.75) is 14.7 Å². The molecule has 0 saturated heterocycles. The monoisotopic (exact) mass is 456 g/mol. The third-order valence-electron chi connectivity index (χ3n) is 3.05. The average Bonchev–Trinajstić information content (AvgIpc) is 2.76. The second kappa shape index (κ2) is 16.1. The molecule has 0 fully saturated rings. The summed E-state index contributed by atoms with van der Waals surface area (Å²) in [6, 6.07) is 29.6. The van der Waals surface area contributed by atoms with Crippen molar-refractivity contribution in [3.63, 3.8) is 0 Å². The van der Waals surface area contributed by atoms with Gasteiger partial charge in [0.05, 0.1) is 16.0 Å². The van der Waals surface area contributed by atoms with Crippen LogP contribution in [0.3, 0.4) is 0 Å². The molecule has 1 nitrogen and oxygen atoms in total. The van der Waals surface area contributed by atoms with Gasteiger partial charge in [0.25, 0.3) is 0 Å². The zero-order valence-electron chi connectivity index (χ0n) is 15.0. The van der Waals surface area contributed by atoms with Gasteiger partial charge in [-0.1, -0.05) is 54.6 Å². The molecule has 27 heavy (non-hydrogen) atoms. The van der Waals surface area contributed by atoms with Gasteiger partial charge < -0.3 is 0 Å². The molecule has 0 aliphatic heterocycles. The first-order chi connectivity index (χ1) is 13.2. The molecule has 0 spiro atoms. The molecular weight excluding hydrogens is 435 g/mol. The van der Waals surface area contributed by atoms with E-state index in [1.54, 1.807) is 35.7 Å². The van der Waals surface area contributed by atoms with Crippen molar-refractivity contribution < 1.29 is 4.21 Å². The van der Waals surface area contributed by atoms with Crippen molar-refractivity contribution in [2.24, 2.45) is 0 Å². The highest BCUT2D eigenvalue weighted by Crippen LogP contribution is 2.17. The third kappa shape index (κ3) is 11.5. The van der Waals surface area contributed by atoms with Crippen LogP contribution in [0.25, 0.3) is 0 Å². The van der Waals surface area contributed by atoms with Crippen LogP contribution in [-0.4, -0.2) is 20.9 Å². The summed E-state index contributed by atoms with van der Waals surface area (Å²) in [7, 11) is -1.02. The summed E-state index contributed by atoms with van der Waals surface area (Å²) in [4.78, 5) is 3.34. The summed E-state index contributed by atoms with van der Waals surface area (Å²) in [5.41, 5.74) is 0. The Morgan fingerprint density at radius 1 is 0.741 bits per heavy atom. The average molecular weight is 458 g/mol. The second-order valence-electron chi connectivity index (χ2n) is 4.85. The van der Waals surface area contributed by atoms with Crippen molar-refractivity contribution in [3.8, 4) is 0 Å². The first-order valence-electron chi connectivity index (χ1n) is 8.03. The third-order valence-corrected chi connectivity index (χ3v) is 6.42.